The van der Waals surface area contributed by atoms with E-state index in [1.54, 1.807) is 12.1 Å². The van der Waals surface area contributed by atoms with Gasteiger partial charge in [0.25, 0.3) is 0 Å². The highest BCUT2D eigenvalue weighted by molar-refractivity contribution is 5.74. The summed E-state index contributed by atoms with van der Waals surface area (Å²) >= 11 is 0. The van der Waals surface area contributed by atoms with Crippen molar-refractivity contribution in [2.45, 2.75) is 6.42 Å². The molecule has 0 heterocycles. The molecule has 0 radical (unpaired) electrons. The van der Waals surface area contributed by atoms with Crippen molar-refractivity contribution in [3.63, 3.8) is 0 Å². The van der Waals surface area contributed by atoms with Crippen molar-refractivity contribution in [3.8, 4) is 33.4 Å². The Morgan fingerprint density at radius 1 is 0.531 bits per heavy atom. The van der Waals surface area contributed by atoms with E-state index in [1.807, 2.05) is 42.5 Å². The second-order valence-corrected chi connectivity index (χ2v) is 7.34. The summed E-state index contributed by atoms with van der Waals surface area (Å²) in [7, 11) is 0. The second-order valence-electron chi connectivity index (χ2n) is 7.34. The first-order valence-electron chi connectivity index (χ1n) is 9.82. The zero-order chi connectivity index (χ0) is 22.8. The summed E-state index contributed by atoms with van der Waals surface area (Å²) in [5.41, 5.74) is 2.87. The van der Waals surface area contributed by atoms with Gasteiger partial charge < -0.3 is 0 Å². The molecule has 0 saturated carbocycles. The average molecular weight is 436 g/mol. The Morgan fingerprint density at radius 2 is 0.938 bits per heavy atom. The minimum absolute atomic E-state index is 0.264. The van der Waals surface area contributed by atoms with Crippen LogP contribution < -0.4 is 0 Å². The third-order valence-corrected chi connectivity index (χ3v) is 5.20. The van der Waals surface area contributed by atoms with Crippen LogP contribution in [0.4, 0.5) is 22.0 Å². The van der Waals surface area contributed by atoms with Crippen LogP contribution >= 0.6 is 0 Å². The second kappa shape index (κ2) is 8.79. The molecule has 0 aliphatic carbocycles. The van der Waals surface area contributed by atoms with Crippen molar-refractivity contribution in [1.82, 2.24) is 0 Å². The lowest BCUT2D eigenvalue weighted by molar-refractivity contribution is 0.447. The smallest absolute Gasteiger partial charge is 0.194 e. The van der Waals surface area contributed by atoms with Gasteiger partial charge in [0.1, 0.15) is 11.6 Å². The van der Waals surface area contributed by atoms with Crippen LogP contribution in [0.25, 0.3) is 33.4 Å². The lowest BCUT2D eigenvalue weighted by atomic mass is 9.96. The Bertz CT molecular complexity index is 1240. The maximum absolute atomic E-state index is 14.7. The van der Waals surface area contributed by atoms with Gasteiger partial charge in [-0.15, -0.1) is 6.58 Å². The average Bonchev–Trinajstić information content (AvgIpc) is 2.78. The minimum atomic E-state index is -1.69. The van der Waals surface area contributed by atoms with E-state index in [0.717, 1.165) is 35.2 Å². The highest BCUT2D eigenvalue weighted by Crippen LogP contribution is 2.33. The third-order valence-electron chi connectivity index (χ3n) is 5.20. The molecule has 0 unspecified atom stereocenters. The van der Waals surface area contributed by atoms with Gasteiger partial charge >= 0.3 is 0 Å². The molecule has 0 aliphatic rings. The van der Waals surface area contributed by atoms with Crippen molar-refractivity contribution in [3.05, 3.63) is 120 Å². The SMILES string of the molecule is C=CCc1ccc(-c2ccc(-c3cc(F)c(-c4cc(F)c(F)c(F)c4)c(F)c3)cc2)cc1. The van der Waals surface area contributed by atoms with E-state index in [0.29, 0.717) is 17.7 Å². The molecule has 0 saturated heterocycles. The first kappa shape index (κ1) is 21.5. The topological polar surface area (TPSA) is 0 Å². The predicted molar refractivity (Wildman–Crippen MR) is 116 cm³/mol. The molecule has 0 N–H and O–H groups in total. The molecule has 5 heteroatoms. The van der Waals surface area contributed by atoms with E-state index in [4.69, 9.17) is 0 Å². The van der Waals surface area contributed by atoms with E-state index in [2.05, 4.69) is 6.58 Å². The molecule has 4 aromatic carbocycles. The van der Waals surface area contributed by atoms with E-state index in [1.165, 1.54) is 0 Å². The van der Waals surface area contributed by atoms with Gasteiger partial charge in [-0.1, -0.05) is 54.6 Å². The lowest BCUT2D eigenvalue weighted by Gasteiger charge is -2.10. The first-order valence-corrected chi connectivity index (χ1v) is 9.82. The molecule has 4 aromatic rings. The normalized spacial score (nSPS) is 10.9. The predicted octanol–water partition coefficient (Wildman–Crippen LogP) is 8.11. The van der Waals surface area contributed by atoms with Crippen LogP contribution in [0.1, 0.15) is 5.56 Å². The van der Waals surface area contributed by atoms with Crippen LogP contribution in [0, 0.1) is 29.1 Å². The molecule has 0 fully saturated rings. The Balaban J connectivity index is 1.65. The number of hydrogen-bond acceptors (Lipinski definition) is 0. The standard InChI is InChI=1S/C27H17F5/c1-2-3-16-4-6-17(7-5-16)18-8-10-19(11-9-18)20-12-22(28)26(23(29)13-20)21-14-24(30)27(32)25(31)15-21/h2,4-15H,1,3H2. The Kier molecular flexibility index (Phi) is 5.91. The first-order chi connectivity index (χ1) is 15.4. The number of hydrogen-bond donors (Lipinski definition) is 0. The minimum Gasteiger partial charge on any atom is -0.206 e. The summed E-state index contributed by atoms with van der Waals surface area (Å²) in [4.78, 5) is 0. The van der Waals surface area contributed by atoms with Gasteiger partial charge in [0.2, 0.25) is 0 Å². The summed E-state index contributed by atoms with van der Waals surface area (Å²) < 4.78 is 69.6. The number of halogens is 5. The van der Waals surface area contributed by atoms with Gasteiger partial charge in [-0.3, -0.25) is 0 Å². The van der Waals surface area contributed by atoms with Crippen molar-refractivity contribution < 1.29 is 22.0 Å². The van der Waals surface area contributed by atoms with E-state index < -0.39 is 40.2 Å². The highest BCUT2D eigenvalue weighted by atomic mass is 19.2. The third kappa shape index (κ3) is 4.19. The quantitative estimate of drug-likeness (QED) is 0.168. The fourth-order valence-electron chi connectivity index (χ4n) is 3.57. The molecule has 160 valence electrons. The summed E-state index contributed by atoms with van der Waals surface area (Å²) in [6.07, 6.45) is 2.61. The van der Waals surface area contributed by atoms with Crippen LogP contribution in [0.5, 0.6) is 0 Å². The Labute approximate surface area is 182 Å². The summed E-state index contributed by atoms with van der Waals surface area (Å²) in [5, 5.41) is 0. The van der Waals surface area contributed by atoms with Gasteiger partial charge in [0.05, 0.1) is 5.56 Å². The molecule has 0 amide bonds. The molecule has 4 rings (SSSR count). The molecule has 0 atom stereocenters. The molecule has 0 bridgehead atoms. The molecule has 0 aliphatic heterocycles. The zero-order valence-corrected chi connectivity index (χ0v) is 16.8. The Hall–Kier alpha value is -3.73. The largest absolute Gasteiger partial charge is 0.206 e. The van der Waals surface area contributed by atoms with Gasteiger partial charge in [0.15, 0.2) is 17.5 Å². The van der Waals surface area contributed by atoms with Crippen LogP contribution in [-0.4, -0.2) is 0 Å². The molecule has 0 aromatic heterocycles. The van der Waals surface area contributed by atoms with E-state index in [-0.39, 0.29) is 5.56 Å². The Morgan fingerprint density at radius 3 is 1.41 bits per heavy atom. The summed E-state index contributed by atoms with van der Waals surface area (Å²) in [6, 6.07) is 18.4. The van der Waals surface area contributed by atoms with Gasteiger partial charge in [-0.05, 0) is 64.1 Å². The number of benzene rings is 4. The maximum Gasteiger partial charge on any atom is 0.194 e. The molecular weight excluding hydrogens is 419 g/mol. The lowest BCUT2D eigenvalue weighted by Crippen LogP contribution is -1.97. The fraction of sp³-hybridized carbons (Fsp3) is 0.0370. The van der Waals surface area contributed by atoms with Crippen molar-refractivity contribution in [2.24, 2.45) is 0 Å². The van der Waals surface area contributed by atoms with Crippen LogP contribution in [-0.2, 0) is 6.42 Å². The van der Waals surface area contributed by atoms with Crippen molar-refractivity contribution in [1.29, 1.82) is 0 Å². The summed E-state index contributed by atoms with van der Waals surface area (Å²) in [5.74, 6) is -6.74. The van der Waals surface area contributed by atoms with Crippen LogP contribution in [0.3, 0.4) is 0 Å². The van der Waals surface area contributed by atoms with Gasteiger partial charge in [-0.2, -0.15) is 0 Å². The van der Waals surface area contributed by atoms with Gasteiger partial charge in [-0.25, -0.2) is 22.0 Å². The van der Waals surface area contributed by atoms with Gasteiger partial charge in [0, 0.05) is 0 Å². The summed E-state index contributed by atoms with van der Waals surface area (Å²) in [6.45, 7) is 3.72. The fourth-order valence-corrected chi connectivity index (χ4v) is 3.57. The number of allylic oxidation sites excluding steroid dienone is 1. The van der Waals surface area contributed by atoms with Crippen molar-refractivity contribution >= 4 is 0 Å². The highest BCUT2D eigenvalue weighted by Gasteiger charge is 2.18. The van der Waals surface area contributed by atoms with E-state index >= 15 is 0 Å². The maximum atomic E-state index is 14.7. The molecule has 0 nitrogen and oxygen atoms in total. The molecule has 0 spiro atoms. The monoisotopic (exact) mass is 436 g/mol. The van der Waals surface area contributed by atoms with E-state index in [9.17, 15) is 22.0 Å². The van der Waals surface area contributed by atoms with Crippen LogP contribution in [0.15, 0.2) is 85.5 Å². The van der Waals surface area contributed by atoms with Crippen molar-refractivity contribution in [2.75, 3.05) is 0 Å². The molecular formula is C27H17F5. The molecule has 32 heavy (non-hydrogen) atoms. The zero-order valence-electron chi connectivity index (χ0n) is 16.8. The van der Waals surface area contributed by atoms with Crippen LogP contribution in [0.2, 0.25) is 0 Å². The number of rotatable bonds is 5.